The molecule has 1 unspecified atom stereocenters. The Kier molecular flexibility index (Phi) is 6.41. The van der Waals surface area contributed by atoms with Gasteiger partial charge in [0.2, 0.25) is 5.78 Å². The molecule has 0 aromatic carbocycles. The lowest BCUT2D eigenvalue weighted by atomic mass is 9.97. The quantitative estimate of drug-likeness (QED) is 0.638. The van der Waals surface area contributed by atoms with Gasteiger partial charge < -0.3 is 9.84 Å². The van der Waals surface area contributed by atoms with E-state index >= 15 is 0 Å². The smallest absolute Gasteiger partial charge is 0.271 e. The topological polar surface area (TPSA) is 46.5 Å². The largest absolute Gasteiger partial charge is 0.462 e. The van der Waals surface area contributed by atoms with Gasteiger partial charge in [0.25, 0.3) is 5.79 Å². The van der Waals surface area contributed by atoms with Crippen molar-refractivity contribution in [3.63, 3.8) is 0 Å². The molecule has 0 fully saturated rings. The zero-order chi connectivity index (χ0) is 13.4. The fourth-order valence-electron chi connectivity index (χ4n) is 2.23. The summed E-state index contributed by atoms with van der Waals surface area (Å²) in [5, 5.41) is 10.1. The average Bonchev–Trinajstić information content (AvgIpc) is 2.63. The molecule has 0 amide bonds. The van der Waals surface area contributed by atoms with Crippen molar-refractivity contribution in [1.29, 1.82) is 0 Å². The highest BCUT2D eigenvalue weighted by Gasteiger charge is 2.43. The Bertz CT molecular complexity index is 296. The molecular formula is C15H26O3. The number of ether oxygens (including phenoxy) is 1. The van der Waals surface area contributed by atoms with E-state index in [1.54, 1.807) is 0 Å². The summed E-state index contributed by atoms with van der Waals surface area (Å²) in [5.74, 6) is -1.77. The Balaban J connectivity index is 2.34. The second-order valence-electron chi connectivity index (χ2n) is 5.14. The highest BCUT2D eigenvalue weighted by Crippen LogP contribution is 2.30. The summed E-state index contributed by atoms with van der Waals surface area (Å²) >= 11 is 0. The molecule has 0 saturated carbocycles. The maximum atomic E-state index is 12.0. The van der Waals surface area contributed by atoms with Gasteiger partial charge in [-0.2, -0.15) is 0 Å². The van der Waals surface area contributed by atoms with Gasteiger partial charge in [-0.3, -0.25) is 4.79 Å². The molecule has 18 heavy (non-hydrogen) atoms. The summed E-state index contributed by atoms with van der Waals surface area (Å²) in [4.78, 5) is 12.0. The second kappa shape index (κ2) is 7.57. The van der Waals surface area contributed by atoms with E-state index in [0.29, 0.717) is 12.0 Å². The van der Waals surface area contributed by atoms with Gasteiger partial charge in [-0.25, -0.2) is 0 Å². The first-order valence-corrected chi connectivity index (χ1v) is 7.28. The van der Waals surface area contributed by atoms with Crippen LogP contribution in [0.1, 0.15) is 71.6 Å². The van der Waals surface area contributed by atoms with Crippen molar-refractivity contribution < 1.29 is 14.6 Å². The van der Waals surface area contributed by atoms with Crippen LogP contribution in [-0.4, -0.2) is 16.7 Å². The van der Waals surface area contributed by atoms with Gasteiger partial charge in [0.1, 0.15) is 0 Å². The monoisotopic (exact) mass is 254 g/mol. The molecule has 104 valence electrons. The fraction of sp³-hybridized carbons (Fsp3) is 0.800. The summed E-state index contributed by atoms with van der Waals surface area (Å²) in [7, 11) is 0. The number of carbonyl (C=O) groups is 1. The SMILES string of the molecule is CCCCCCC1=COC(O)(CCCCC)C1=O. The predicted molar refractivity (Wildman–Crippen MR) is 72.0 cm³/mol. The highest BCUT2D eigenvalue weighted by molar-refractivity contribution is 6.02. The van der Waals surface area contributed by atoms with Gasteiger partial charge in [0.15, 0.2) is 0 Å². The van der Waals surface area contributed by atoms with Crippen molar-refractivity contribution in [1.82, 2.24) is 0 Å². The van der Waals surface area contributed by atoms with Crippen molar-refractivity contribution in [3.05, 3.63) is 11.8 Å². The zero-order valence-corrected chi connectivity index (χ0v) is 11.7. The van der Waals surface area contributed by atoms with E-state index in [1.165, 1.54) is 19.1 Å². The van der Waals surface area contributed by atoms with Crippen molar-refractivity contribution in [2.24, 2.45) is 0 Å². The zero-order valence-electron chi connectivity index (χ0n) is 11.7. The van der Waals surface area contributed by atoms with Gasteiger partial charge >= 0.3 is 0 Å². The average molecular weight is 254 g/mol. The number of unbranched alkanes of at least 4 members (excludes halogenated alkanes) is 5. The third-order valence-corrected chi connectivity index (χ3v) is 3.46. The lowest BCUT2D eigenvalue weighted by Crippen LogP contribution is -2.37. The molecule has 1 aliphatic rings. The Labute approximate surface area is 110 Å². The molecule has 0 aromatic rings. The van der Waals surface area contributed by atoms with Crippen molar-refractivity contribution >= 4 is 5.78 Å². The normalized spacial score (nSPS) is 23.1. The Hall–Kier alpha value is -0.830. The molecule has 3 nitrogen and oxygen atoms in total. The van der Waals surface area contributed by atoms with Gasteiger partial charge in [-0.1, -0.05) is 46.0 Å². The van der Waals surface area contributed by atoms with E-state index in [1.807, 2.05) is 0 Å². The third-order valence-electron chi connectivity index (χ3n) is 3.46. The number of ketones is 1. The molecule has 0 spiro atoms. The molecule has 0 bridgehead atoms. The maximum Gasteiger partial charge on any atom is 0.271 e. The van der Waals surface area contributed by atoms with Crippen LogP contribution in [0.15, 0.2) is 11.8 Å². The van der Waals surface area contributed by atoms with E-state index in [4.69, 9.17) is 4.74 Å². The second-order valence-corrected chi connectivity index (χ2v) is 5.14. The number of rotatable bonds is 9. The van der Waals surface area contributed by atoms with Crippen molar-refractivity contribution in [2.75, 3.05) is 0 Å². The Morgan fingerprint density at radius 1 is 1.11 bits per heavy atom. The van der Waals surface area contributed by atoms with Gasteiger partial charge in [0.05, 0.1) is 6.26 Å². The van der Waals surface area contributed by atoms with Gasteiger partial charge in [-0.05, 0) is 19.3 Å². The van der Waals surface area contributed by atoms with Crippen LogP contribution in [0, 0.1) is 0 Å². The molecule has 0 aliphatic carbocycles. The van der Waals surface area contributed by atoms with E-state index in [2.05, 4.69) is 13.8 Å². The Morgan fingerprint density at radius 2 is 1.78 bits per heavy atom. The van der Waals surface area contributed by atoms with Gasteiger partial charge in [-0.15, -0.1) is 0 Å². The minimum absolute atomic E-state index is 0.213. The summed E-state index contributed by atoms with van der Waals surface area (Å²) in [5.41, 5.74) is 0.658. The van der Waals surface area contributed by atoms with Gasteiger partial charge in [0, 0.05) is 12.0 Å². The third kappa shape index (κ3) is 4.13. The van der Waals surface area contributed by atoms with Crippen LogP contribution in [0.3, 0.4) is 0 Å². The van der Waals surface area contributed by atoms with Crippen LogP contribution in [-0.2, 0) is 9.53 Å². The molecule has 0 radical (unpaired) electrons. The van der Waals surface area contributed by atoms with E-state index in [-0.39, 0.29) is 5.78 Å². The fourth-order valence-corrected chi connectivity index (χ4v) is 2.23. The molecule has 1 N–H and O–H groups in total. The molecule has 1 atom stereocenters. The summed E-state index contributed by atoms with van der Waals surface area (Å²) in [6.07, 6.45) is 10.1. The minimum atomic E-state index is -1.56. The van der Waals surface area contributed by atoms with Crippen LogP contribution < -0.4 is 0 Å². The predicted octanol–water partition coefficient (Wildman–Crippen LogP) is 3.71. The molecule has 3 heteroatoms. The Morgan fingerprint density at radius 3 is 2.44 bits per heavy atom. The molecule has 1 rings (SSSR count). The number of aliphatic hydroxyl groups is 1. The maximum absolute atomic E-state index is 12.0. The summed E-state index contributed by atoms with van der Waals surface area (Å²) < 4.78 is 5.21. The standard InChI is InChI=1S/C15H26O3/c1-3-5-7-8-10-13-12-18-15(17,14(13)16)11-9-6-4-2/h12,17H,3-11H2,1-2H3. The first kappa shape index (κ1) is 15.2. The van der Waals surface area contributed by atoms with E-state index in [9.17, 15) is 9.90 Å². The number of carbonyl (C=O) groups excluding carboxylic acids is 1. The van der Waals surface area contributed by atoms with E-state index < -0.39 is 5.79 Å². The van der Waals surface area contributed by atoms with Crippen LogP contribution in [0.2, 0.25) is 0 Å². The van der Waals surface area contributed by atoms with Crippen molar-refractivity contribution in [3.8, 4) is 0 Å². The summed E-state index contributed by atoms with van der Waals surface area (Å²) in [6.45, 7) is 4.26. The van der Waals surface area contributed by atoms with Crippen LogP contribution >= 0.6 is 0 Å². The first-order chi connectivity index (χ1) is 8.64. The van der Waals surface area contributed by atoms with Crippen molar-refractivity contribution in [2.45, 2.75) is 77.4 Å². The van der Waals surface area contributed by atoms with Crippen LogP contribution in [0.5, 0.6) is 0 Å². The summed E-state index contributed by atoms with van der Waals surface area (Å²) in [6, 6.07) is 0. The van der Waals surface area contributed by atoms with Crippen LogP contribution in [0.4, 0.5) is 0 Å². The molecule has 0 aromatic heterocycles. The minimum Gasteiger partial charge on any atom is -0.462 e. The molecule has 1 aliphatic heterocycles. The lowest BCUT2D eigenvalue weighted by molar-refractivity contribution is -0.176. The van der Waals surface area contributed by atoms with Crippen LogP contribution in [0.25, 0.3) is 0 Å². The first-order valence-electron chi connectivity index (χ1n) is 7.28. The highest BCUT2D eigenvalue weighted by atomic mass is 16.6. The van der Waals surface area contributed by atoms with E-state index in [0.717, 1.165) is 38.5 Å². The number of Topliss-reactive ketones (excluding diaryl/α,β-unsaturated/α-hetero) is 1. The molecular weight excluding hydrogens is 228 g/mol. The number of hydrogen-bond acceptors (Lipinski definition) is 3. The molecule has 1 heterocycles. The molecule has 0 saturated heterocycles. The lowest BCUT2D eigenvalue weighted by Gasteiger charge is -2.20. The number of hydrogen-bond donors (Lipinski definition) is 1.